The van der Waals surface area contributed by atoms with Crippen molar-refractivity contribution in [3.05, 3.63) is 52.6 Å². The first kappa shape index (κ1) is 18.3. The lowest BCUT2D eigenvalue weighted by Crippen LogP contribution is -2.22. The van der Waals surface area contributed by atoms with E-state index in [9.17, 15) is 0 Å². The van der Waals surface area contributed by atoms with Crippen LogP contribution in [0.4, 0.5) is 5.69 Å². The highest BCUT2D eigenvalue weighted by Gasteiger charge is 2.00. The predicted octanol–water partition coefficient (Wildman–Crippen LogP) is 3.26. The highest BCUT2D eigenvalue weighted by molar-refractivity contribution is 14.0. The largest absolute Gasteiger partial charge is 0.370 e. The Labute approximate surface area is 148 Å². The Bertz CT molecular complexity index is 662. The van der Waals surface area contributed by atoms with Gasteiger partial charge in [-0.2, -0.15) is 0 Å². The number of benzene rings is 1. The summed E-state index contributed by atoms with van der Waals surface area (Å²) in [6.45, 7) is 8.40. The molecular formula is C16H22IN5. The number of nitrogens with one attached hydrogen (secondary N) is 1. The zero-order valence-electron chi connectivity index (χ0n) is 13.3. The minimum Gasteiger partial charge on any atom is -0.370 e. The van der Waals surface area contributed by atoms with Crippen LogP contribution < -0.4 is 11.1 Å². The Kier molecular flexibility index (Phi) is 6.73. The molecule has 6 heteroatoms. The van der Waals surface area contributed by atoms with Crippen molar-refractivity contribution in [3.8, 4) is 0 Å². The van der Waals surface area contributed by atoms with Crippen LogP contribution >= 0.6 is 24.0 Å². The topological polar surface area (TPSA) is 76.2 Å². The van der Waals surface area contributed by atoms with Gasteiger partial charge in [0.05, 0.1) is 12.2 Å². The van der Waals surface area contributed by atoms with Crippen molar-refractivity contribution < 1.29 is 0 Å². The number of rotatable bonds is 3. The molecule has 0 unspecified atom stereocenters. The van der Waals surface area contributed by atoms with E-state index in [0.29, 0.717) is 12.5 Å². The molecule has 2 aromatic rings. The molecule has 0 fully saturated rings. The third-order valence-corrected chi connectivity index (χ3v) is 3.21. The van der Waals surface area contributed by atoms with Gasteiger partial charge >= 0.3 is 0 Å². The van der Waals surface area contributed by atoms with Crippen LogP contribution in [0.3, 0.4) is 0 Å². The number of aryl methyl sites for hydroxylation is 4. The van der Waals surface area contributed by atoms with Gasteiger partial charge in [0.1, 0.15) is 5.82 Å². The molecule has 0 aliphatic rings. The van der Waals surface area contributed by atoms with Crippen molar-refractivity contribution in [2.75, 3.05) is 5.32 Å². The van der Waals surface area contributed by atoms with Gasteiger partial charge in [0.25, 0.3) is 0 Å². The van der Waals surface area contributed by atoms with E-state index < -0.39 is 0 Å². The Balaban J connectivity index is 0.00000242. The zero-order chi connectivity index (χ0) is 15.4. The number of hydrogen-bond donors (Lipinski definition) is 2. The lowest BCUT2D eigenvalue weighted by Gasteiger charge is -2.08. The summed E-state index contributed by atoms with van der Waals surface area (Å²) >= 11 is 0. The molecular weight excluding hydrogens is 389 g/mol. The molecule has 0 saturated heterocycles. The van der Waals surface area contributed by atoms with Gasteiger partial charge in [-0.3, -0.25) is 0 Å². The van der Waals surface area contributed by atoms with Gasteiger partial charge in [-0.15, -0.1) is 24.0 Å². The van der Waals surface area contributed by atoms with E-state index in [4.69, 9.17) is 5.73 Å². The molecule has 0 atom stereocenters. The van der Waals surface area contributed by atoms with E-state index in [1.165, 1.54) is 11.1 Å². The summed E-state index contributed by atoms with van der Waals surface area (Å²) in [5, 5.41) is 3.09. The fourth-order valence-electron chi connectivity index (χ4n) is 2.05. The Morgan fingerprint density at radius 2 is 1.82 bits per heavy atom. The molecule has 1 aromatic heterocycles. The standard InChI is InChI=1S/C16H21N5.HI/c1-10-5-6-14(7-11(10)2)21-16(17)18-9-15-8-12(3)19-13(4)20-15;/h5-8H,9H2,1-4H3,(H3,17,18,21);1H. The highest BCUT2D eigenvalue weighted by Crippen LogP contribution is 2.13. The third-order valence-electron chi connectivity index (χ3n) is 3.21. The molecule has 2 rings (SSSR count). The zero-order valence-corrected chi connectivity index (χ0v) is 15.7. The number of guanidine groups is 1. The Morgan fingerprint density at radius 1 is 1.09 bits per heavy atom. The minimum atomic E-state index is 0. The Morgan fingerprint density at radius 3 is 2.45 bits per heavy atom. The molecule has 118 valence electrons. The van der Waals surface area contributed by atoms with Crippen molar-refractivity contribution in [3.63, 3.8) is 0 Å². The molecule has 1 heterocycles. The van der Waals surface area contributed by atoms with Crippen LogP contribution in [0.15, 0.2) is 29.3 Å². The maximum Gasteiger partial charge on any atom is 0.193 e. The van der Waals surface area contributed by atoms with Crippen molar-refractivity contribution in [2.45, 2.75) is 34.2 Å². The van der Waals surface area contributed by atoms with Crippen molar-refractivity contribution >= 4 is 35.6 Å². The average Bonchev–Trinajstić information content (AvgIpc) is 2.40. The van der Waals surface area contributed by atoms with E-state index >= 15 is 0 Å². The summed E-state index contributed by atoms with van der Waals surface area (Å²) in [7, 11) is 0. The van der Waals surface area contributed by atoms with Crippen LogP contribution in [0.25, 0.3) is 0 Å². The molecule has 22 heavy (non-hydrogen) atoms. The van der Waals surface area contributed by atoms with E-state index in [1.807, 2.05) is 26.0 Å². The first-order chi connectivity index (χ1) is 9.94. The number of nitrogens with two attached hydrogens (primary N) is 1. The van der Waals surface area contributed by atoms with Crippen LogP contribution in [0.5, 0.6) is 0 Å². The fraction of sp³-hybridized carbons (Fsp3) is 0.312. The first-order valence-electron chi connectivity index (χ1n) is 6.89. The van der Waals surface area contributed by atoms with Gasteiger partial charge in [-0.25, -0.2) is 15.0 Å². The summed E-state index contributed by atoms with van der Waals surface area (Å²) in [6.07, 6.45) is 0. The maximum atomic E-state index is 5.91. The summed E-state index contributed by atoms with van der Waals surface area (Å²) in [5.41, 5.74) is 11.1. The van der Waals surface area contributed by atoms with Crippen molar-refractivity contribution in [1.29, 1.82) is 0 Å². The maximum absolute atomic E-state index is 5.91. The monoisotopic (exact) mass is 411 g/mol. The van der Waals surface area contributed by atoms with E-state index in [-0.39, 0.29) is 24.0 Å². The average molecular weight is 411 g/mol. The lowest BCUT2D eigenvalue weighted by molar-refractivity contribution is 0.906. The smallest absolute Gasteiger partial charge is 0.193 e. The van der Waals surface area contributed by atoms with Gasteiger partial charge in [0.15, 0.2) is 5.96 Å². The van der Waals surface area contributed by atoms with E-state index in [1.54, 1.807) is 0 Å². The van der Waals surface area contributed by atoms with Crippen LogP contribution in [-0.2, 0) is 6.54 Å². The highest BCUT2D eigenvalue weighted by atomic mass is 127. The van der Waals surface area contributed by atoms with Gasteiger partial charge in [0, 0.05) is 11.4 Å². The van der Waals surface area contributed by atoms with E-state index in [2.05, 4.69) is 46.3 Å². The normalized spacial score (nSPS) is 11.0. The van der Waals surface area contributed by atoms with Crippen molar-refractivity contribution in [2.24, 2.45) is 10.7 Å². The number of aliphatic imine (C=N–C) groups is 1. The number of anilines is 1. The molecule has 0 aliphatic carbocycles. The first-order valence-corrected chi connectivity index (χ1v) is 6.89. The summed E-state index contributed by atoms with van der Waals surface area (Å²) in [4.78, 5) is 12.9. The lowest BCUT2D eigenvalue weighted by atomic mass is 10.1. The summed E-state index contributed by atoms with van der Waals surface area (Å²) in [5.74, 6) is 1.13. The minimum absolute atomic E-state index is 0. The SMILES string of the molecule is Cc1cc(CN=C(N)Nc2ccc(C)c(C)c2)nc(C)n1.I. The van der Waals surface area contributed by atoms with Crippen LogP contribution in [0, 0.1) is 27.7 Å². The van der Waals surface area contributed by atoms with E-state index in [0.717, 1.165) is 22.9 Å². The summed E-state index contributed by atoms with van der Waals surface area (Å²) in [6, 6.07) is 8.02. The molecule has 0 radical (unpaired) electrons. The second kappa shape index (κ2) is 8.07. The van der Waals surface area contributed by atoms with Gasteiger partial charge in [-0.1, -0.05) is 6.07 Å². The fourth-order valence-corrected chi connectivity index (χ4v) is 2.05. The molecule has 0 bridgehead atoms. The van der Waals surface area contributed by atoms with Gasteiger partial charge in [0.2, 0.25) is 0 Å². The van der Waals surface area contributed by atoms with Crippen LogP contribution in [0.2, 0.25) is 0 Å². The molecule has 0 saturated carbocycles. The molecule has 5 nitrogen and oxygen atoms in total. The molecule has 1 aromatic carbocycles. The van der Waals surface area contributed by atoms with Crippen LogP contribution in [-0.4, -0.2) is 15.9 Å². The molecule has 3 N–H and O–H groups in total. The molecule has 0 aliphatic heterocycles. The molecule has 0 amide bonds. The van der Waals surface area contributed by atoms with Crippen LogP contribution in [0.1, 0.15) is 28.3 Å². The van der Waals surface area contributed by atoms with Gasteiger partial charge < -0.3 is 11.1 Å². The second-order valence-electron chi connectivity index (χ2n) is 5.17. The second-order valence-corrected chi connectivity index (χ2v) is 5.17. The molecule has 0 spiro atoms. The van der Waals surface area contributed by atoms with Crippen molar-refractivity contribution in [1.82, 2.24) is 9.97 Å². The number of aromatic nitrogens is 2. The number of halogens is 1. The number of hydrogen-bond acceptors (Lipinski definition) is 3. The third kappa shape index (κ3) is 5.25. The Hall–Kier alpha value is -1.70. The van der Waals surface area contributed by atoms with Gasteiger partial charge in [-0.05, 0) is 57.0 Å². The quantitative estimate of drug-likeness (QED) is 0.462. The predicted molar refractivity (Wildman–Crippen MR) is 102 cm³/mol. The summed E-state index contributed by atoms with van der Waals surface area (Å²) < 4.78 is 0. The number of nitrogens with zero attached hydrogens (tertiary/aromatic N) is 3.